The Morgan fingerprint density at radius 3 is 2.63 bits per heavy atom. The first-order chi connectivity index (χ1) is 14.7. The molecular weight excluding hydrogens is 402 g/mol. The number of carbonyl (C=O) groups is 2. The van der Waals surface area contributed by atoms with Crippen molar-refractivity contribution in [3.63, 3.8) is 0 Å². The number of aromatic nitrogens is 1. The highest BCUT2D eigenvalue weighted by atomic mass is 32.1. The van der Waals surface area contributed by atoms with Crippen LogP contribution in [0.4, 0.5) is 10.5 Å². The van der Waals surface area contributed by atoms with E-state index in [-0.39, 0.29) is 12.0 Å². The maximum Gasteiger partial charge on any atom is 0.410 e. The highest BCUT2D eigenvalue weighted by Crippen LogP contribution is 2.25. The van der Waals surface area contributed by atoms with Crippen molar-refractivity contribution < 1.29 is 19.1 Å². The lowest BCUT2D eigenvalue weighted by atomic mass is 9.94. The van der Waals surface area contributed by atoms with Gasteiger partial charge >= 0.3 is 6.09 Å². The Kier molecular flexibility index (Phi) is 6.84. The molecule has 0 bridgehead atoms. The van der Waals surface area contributed by atoms with Crippen molar-refractivity contribution in [2.45, 2.75) is 38.7 Å². The average Bonchev–Trinajstić information content (AvgIpc) is 3.45. The van der Waals surface area contributed by atoms with Gasteiger partial charge in [0.25, 0.3) is 0 Å². The second-order valence-corrected chi connectivity index (χ2v) is 8.70. The summed E-state index contributed by atoms with van der Waals surface area (Å²) in [6, 6.07) is 7.77. The number of likely N-dealkylation sites (tertiary alicyclic amines) is 1. The van der Waals surface area contributed by atoms with Gasteiger partial charge in [0, 0.05) is 37.9 Å². The van der Waals surface area contributed by atoms with Gasteiger partial charge in [0.1, 0.15) is 12.4 Å². The van der Waals surface area contributed by atoms with Crippen molar-refractivity contribution in [2.24, 2.45) is 5.92 Å². The van der Waals surface area contributed by atoms with E-state index in [1.165, 1.54) is 11.3 Å². The van der Waals surface area contributed by atoms with Crippen LogP contribution in [0.1, 0.15) is 37.0 Å². The van der Waals surface area contributed by atoms with Crippen molar-refractivity contribution in [1.29, 1.82) is 0 Å². The van der Waals surface area contributed by atoms with Gasteiger partial charge in [-0.25, -0.2) is 4.79 Å². The van der Waals surface area contributed by atoms with Crippen molar-refractivity contribution in [2.75, 3.05) is 31.1 Å². The van der Waals surface area contributed by atoms with Gasteiger partial charge in [-0.2, -0.15) is 0 Å². The molecule has 0 aliphatic carbocycles. The van der Waals surface area contributed by atoms with Gasteiger partial charge < -0.3 is 19.3 Å². The number of nitrogens with zero attached hydrogens (tertiary/aromatic N) is 3. The topological polar surface area (TPSA) is 72.0 Å². The first-order valence-electron chi connectivity index (χ1n) is 10.5. The maximum atomic E-state index is 12.2. The van der Waals surface area contributed by atoms with Gasteiger partial charge in [0.15, 0.2) is 0 Å². The molecule has 2 saturated heterocycles. The Balaban J connectivity index is 1.14. The average molecular weight is 430 g/mol. The molecule has 0 atom stereocenters. The standard InChI is InChI=1S/C22H27N3O4S/c26-21-2-1-10-25(21)18-3-5-19(6-4-18)28-13-9-17-7-11-24(12-8-17)22(27)29-15-20-14-23-16-30-20/h3-6,14,16-17H,1-2,7-13,15H2. The molecule has 3 heterocycles. The summed E-state index contributed by atoms with van der Waals surface area (Å²) in [5.41, 5.74) is 2.68. The van der Waals surface area contributed by atoms with Gasteiger partial charge in [-0.3, -0.25) is 9.78 Å². The molecule has 0 saturated carbocycles. The molecule has 0 N–H and O–H groups in total. The highest BCUT2D eigenvalue weighted by molar-refractivity contribution is 7.09. The second kappa shape index (κ2) is 9.93. The van der Waals surface area contributed by atoms with Gasteiger partial charge in [0.2, 0.25) is 5.91 Å². The Hall–Kier alpha value is -2.61. The van der Waals surface area contributed by atoms with E-state index in [1.54, 1.807) is 16.6 Å². The molecule has 1 aromatic carbocycles. The number of piperidine rings is 1. The summed E-state index contributed by atoms with van der Waals surface area (Å²) in [5.74, 6) is 1.58. The van der Waals surface area contributed by atoms with Crippen LogP contribution in [0.2, 0.25) is 0 Å². The van der Waals surface area contributed by atoms with Crippen LogP contribution >= 0.6 is 11.3 Å². The number of amides is 2. The third kappa shape index (κ3) is 5.30. The van der Waals surface area contributed by atoms with E-state index in [0.29, 0.717) is 25.6 Å². The zero-order chi connectivity index (χ0) is 20.8. The van der Waals surface area contributed by atoms with Crippen LogP contribution in [0.3, 0.4) is 0 Å². The predicted octanol–water partition coefficient (Wildman–Crippen LogP) is 4.09. The monoisotopic (exact) mass is 429 g/mol. The predicted molar refractivity (Wildman–Crippen MR) is 115 cm³/mol. The van der Waals surface area contributed by atoms with Crippen LogP contribution in [0.5, 0.6) is 5.75 Å². The third-order valence-electron chi connectivity index (χ3n) is 5.71. The summed E-state index contributed by atoms with van der Waals surface area (Å²) in [6.07, 6.45) is 5.96. The van der Waals surface area contributed by atoms with Crippen LogP contribution in [-0.2, 0) is 16.1 Å². The van der Waals surface area contributed by atoms with E-state index < -0.39 is 0 Å². The summed E-state index contributed by atoms with van der Waals surface area (Å²) in [5, 5.41) is 0. The fourth-order valence-corrected chi connectivity index (χ4v) is 4.43. The van der Waals surface area contributed by atoms with E-state index in [4.69, 9.17) is 9.47 Å². The first kappa shape index (κ1) is 20.7. The van der Waals surface area contributed by atoms with Crippen molar-refractivity contribution in [3.05, 3.63) is 40.8 Å². The highest BCUT2D eigenvalue weighted by Gasteiger charge is 2.24. The number of carbonyl (C=O) groups excluding carboxylic acids is 2. The zero-order valence-corrected chi connectivity index (χ0v) is 17.8. The SMILES string of the molecule is O=C(OCc1cncs1)N1CCC(CCOc2ccc(N3CCCC3=O)cc2)CC1. The summed E-state index contributed by atoms with van der Waals surface area (Å²) in [6.45, 7) is 3.20. The van der Waals surface area contributed by atoms with Crippen LogP contribution < -0.4 is 9.64 Å². The molecule has 2 amide bonds. The quantitative estimate of drug-likeness (QED) is 0.663. The fraction of sp³-hybridized carbons (Fsp3) is 0.500. The number of benzene rings is 1. The Morgan fingerprint density at radius 1 is 1.17 bits per heavy atom. The fourth-order valence-electron chi connectivity index (χ4n) is 3.93. The van der Waals surface area contributed by atoms with Crippen LogP contribution in [0.15, 0.2) is 36.0 Å². The van der Waals surface area contributed by atoms with Crippen LogP contribution in [0.25, 0.3) is 0 Å². The number of hydrogen-bond acceptors (Lipinski definition) is 6. The molecule has 0 radical (unpaired) electrons. The zero-order valence-electron chi connectivity index (χ0n) is 17.0. The summed E-state index contributed by atoms with van der Waals surface area (Å²) in [4.78, 5) is 32.6. The van der Waals surface area contributed by atoms with Crippen molar-refractivity contribution in [3.8, 4) is 5.75 Å². The lowest BCUT2D eigenvalue weighted by Gasteiger charge is -2.31. The number of rotatable bonds is 7. The van der Waals surface area contributed by atoms with E-state index in [0.717, 1.165) is 61.6 Å². The van der Waals surface area contributed by atoms with E-state index >= 15 is 0 Å². The van der Waals surface area contributed by atoms with Gasteiger partial charge in [-0.05, 0) is 55.9 Å². The summed E-state index contributed by atoms with van der Waals surface area (Å²) < 4.78 is 11.3. The van der Waals surface area contributed by atoms with E-state index in [9.17, 15) is 9.59 Å². The molecule has 0 unspecified atom stereocenters. The minimum Gasteiger partial charge on any atom is -0.494 e. The summed E-state index contributed by atoms with van der Waals surface area (Å²) >= 11 is 1.49. The molecular formula is C22H27N3O4S. The number of ether oxygens (including phenoxy) is 2. The minimum atomic E-state index is -0.241. The number of thiazole rings is 1. The number of anilines is 1. The Bertz CT molecular complexity index is 833. The van der Waals surface area contributed by atoms with Crippen molar-refractivity contribution >= 4 is 29.0 Å². The molecule has 4 rings (SSSR count). The third-order valence-corrected chi connectivity index (χ3v) is 6.46. The number of hydrogen-bond donors (Lipinski definition) is 0. The molecule has 0 spiro atoms. The molecule has 160 valence electrons. The van der Waals surface area contributed by atoms with Gasteiger partial charge in [-0.1, -0.05) is 0 Å². The smallest absolute Gasteiger partial charge is 0.410 e. The Morgan fingerprint density at radius 2 is 1.97 bits per heavy atom. The molecule has 2 aliphatic heterocycles. The lowest BCUT2D eigenvalue weighted by molar-refractivity contribution is -0.117. The van der Waals surface area contributed by atoms with Gasteiger partial charge in [-0.15, -0.1) is 11.3 Å². The molecule has 2 fully saturated rings. The minimum absolute atomic E-state index is 0.197. The molecule has 7 nitrogen and oxygen atoms in total. The maximum absolute atomic E-state index is 12.2. The first-order valence-corrected chi connectivity index (χ1v) is 11.4. The molecule has 2 aliphatic rings. The van der Waals surface area contributed by atoms with E-state index in [1.807, 2.05) is 29.2 Å². The lowest BCUT2D eigenvalue weighted by Crippen LogP contribution is -2.39. The Labute approximate surface area is 180 Å². The largest absolute Gasteiger partial charge is 0.494 e. The van der Waals surface area contributed by atoms with Crippen molar-refractivity contribution in [1.82, 2.24) is 9.88 Å². The van der Waals surface area contributed by atoms with Crippen LogP contribution in [0, 0.1) is 5.92 Å². The molecule has 30 heavy (non-hydrogen) atoms. The molecule has 8 heteroatoms. The van der Waals surface area contributed by atoms with Gasteiger partial charge in [0.05, 0.1) is 17.0 Å². The molecule has 2 aromatic rings. The molecule has 1 aromatic heterocycles. The summed E-state index contributed by atoms with van der Waals surface area (Å²) in [7, 11) is 0. The normalized spacial score (nSPS) is 17.4. The second-order valence-electron chi connectivity index (χ2n) is 7.73. The van der Waals surface area contributed by atoms with Crippen LogP contribution in [-0.4, -0.2) is 48.1 Å². The van der Waals surface area contributed by atoms with E-state index in [2.05, 4.69) is 4.98 Å².